The number of hydrogen-bond acceptors (Lipinski definition) is 8. The SMILES string of the molecule is CCN(CC)C(=O)c1ccccc1[S+]([O-])C1=C(C(=O)OCc2ccc([N+](=O)[O-])cc2)N2C(=O)C(C(C)O[Si](C)(C)C)[C@@H]2C1C. The molecule has 2 aromatic carbocycles. The van der Waals surface area contributed by atoms with Crippen LogP contribution < -0.4 is 0 Å². The molecule has 2 aromatic rings. The molecule has 11 nitrogen and oxygen atoms in total. The number of benzene rings is 2. The molecule has 1 fully saturated rings. The molecule has 236 valence electrons. The number of nitrogens with zero attached hydrogens (tertiary/aromatic N) is 3. The number of fused-ring (bicyclic) bond motifs is 1. The highest BCUT2D eigenvalue weighted by Gasteiger charge is 2.63. The van der Waals surface area contributed by atoms with Gasteiger partial charge in [-0.15, -0.1) is 0 Å². The van der Waals surface area contributed by atoms with Gasteiger partial charge in [0.05, 0.1) is 34.5 Å². The summed E-state index contributed by atoms with van der Waals surface area (Å²) in [5.74, 6) is -2.46. The fraction of sp³-hybridized carbons (Fsp3) is 0.452. The van der Waals surface area contributed by atoms with Crippen LogP contribution in [-0.2, 0) is 36.5 Å². The lowest BCUT2D eigenvalue weighted by Gasteiger charge is -2.48. The molecule has 0 bridgehead atoms. The number of carbonyl (C=O) groups is 3. The fourth-order valence-electron chi connectivity index (χ4n) is 5.92. The number of hydrogen-bond donors (Lipinski definition) is 0. The standard InChI is InChI=1S/C31H39N3O8SSi/c1-8-32(9-2)29(35)23-12-10-11-13-24(23)43(40)28-19(3)26-25(20(4)42-44(5,6)7)30(36)33(26)27(28)31(37)41-18-21-14-16-22(17-15-21)34(38)39/h10-17,19-20,25-26H,8-9,18H2,1-7H3/t19?,20?,25?,26-,43?/m0/s1. The van der Waals surface area contributed by atoms with Gasteiger partial charge in [-0.1, -0.05) is 19.1 Å². The van der Waals surface area contributed by atoms with Gasteiger partial charge < -0.3 is 18.6 Å². The first-order valence-corrected chi connectivity index (χ1v) is 19.2. The van der Waals surface area contributed by atoms with E-state index in [1.807, 2.05) is 47.3 Å². The number of carbonyl (C=O) groups excluding carboxylic acids is 3. The van der Waals surface area contributed by atoms with Crippen molar-refractivity contribution in [2.45, 2.75) is 71.0 Å². The van der Waals surface area contributed by atoms with Crippen molar-refractivity contribution in [1.82, 2.24) is 9.80 Å². The third kappa shape index (κ3) is 6.46. The summed E-state index contributed by atoms with van der Waals surface area (Å²) in [5.41, 5.74) is 0.586. The molecular weight excluding hydrogens is 603 g/mol. The van der Waals surface area contributed by atoms with Crippen molar-refractivity contribution in [2.24, 2.45) is 11.8 Å². The van der Waals surface area contributed by atoms with Crippen LogP contribution in [0, 0.1) is 22.0 Å². The van der Waals surface area contributed by atoms with Crippen molar-refractivity contribution >= 4 is 43.0 Å². The van der Waals surface area contributed by atoms with E-state index in [0.29, 0.717) is 18.7 Å². The average molecular weight is 642 g/mol. The van der Waals surface area contributed by atoms with Gasteiger partial charge in [0.15, 0.2) is 23.8 Å². The van der Waals surface area contributed by atoms with Crippen LogP contribution in [0.5, 0.6) is 0 Å². The maximum atomic E-state index is 14.5. The predicted molar refractivity (Wildman–Crippen MR) is 167 cm³/mol. The number of ether oxygens (including phenoxy) is 1. The van der Waals surface area contributed by atoms with Crippen molar-refractivity contribution < 1.29 is 33.0 Å². The Morgan fingerprint density at radius 1 is 1.09 bits per heavy atom. The normalized spacial score (nSPS) is 21.0. The average Bonchev–Trinajstić information content (AvgIpc) is 3.23. The van der Waals surface area contributed by atoms with Gasteiger partial charge in [-0.25, -0.2) is 4.79 Å². The number of nitro benzene ring substituents is 1. The second-order valence-electron chi connectivity index (χ2n) is 11.9. The van der Waals surface area contributed by atoms with Crippen LogP contribution in [0.3, 0.4) is 0 Å². The molecule has 0 radical (unpaired) electrons. The molecule has 4 unspecified atom stereocenters. The van der Waals surface area contributed by atoms with Gasteiger partial charge in [-0.05, 0) is 70.2 Å². The molecule has 0 N–H and O–H groups in total. The summed E-state index contributed by atoms with van der Waals surface area (Å²) in [4.78, 5) is 54.7. The highest BCUT2D eigenvalue weighted by Crippen LogP contribution is 2.51. The topological polar surface area (TPSA) is 142 Å². The minimum absolute atomic E-state index is 0.0886. The Morgan fingerprint density at radius 2 is 1.70 bits per heavy atom. The number of β-lactam (4-membered cyclic amide) rings is 1. The van der Waals surface area contributed by atoms with Crippen LogP contribution in [0.25, 0.3) is 0 Å². The number of nitro groups is 1. The minimum Gasteiger partial charge on any atom is -0.607 e. The van der Waals surface area contributed by atoms with Crippen LogP contribution in [0.1, 0.15) is 43.6 Å². The minimum atomic E-state index is -2.01. The molecule has 5 atom stereocenters. The molecule has 2 heterocycles. The molecule has 1 saturated heterocycles. The zero-order chi connectivity index (χ0) is 32.5. The number of non-ortho nitro benzene ring substituents is 1. The second-order valence-corrected chi connectivity index (χ2v) is 17.8. The fourth-order valence-corrected chi connectivity index (χ4v) is 8.81. The molecule has 0 aromatic heterocycles. The number of rotatable bonds is 12. The summed E-state index contributed by atoms with van der Waals surface area (Å²) in [5, 5.41) is 11.0. The summed E-state index contributed by atoms with van der Waals surface area (Å²) in [7, 11) is -2.01. The zero-order valence-corrected chi connectivity index (χ0v) is 27.9. The van der Waals surface area contributed by atoms with Crippen LogP contribution in [-0.4, -0.2) is 70.6 Å². The van der Waals surface area contributed by atoms with Crippen molar-refractivity contribution in [3.8, 4) is 0 Å². The zero-order valence-electron chi connectivity index (χ0n) is 26.1. The van der Waals surface area contributed by atoms with Crippen molar-refractivity contribution in [2.75, 3.05) is 13.1 Å². The third-order valence-electron chi connectivity index (χ3n) is 7.91. The molecule has 44 heavy (non-hydrogen) atoms. The van der Waals surface area contributed by atoms with Gasteiger partial charge in [-0.3, -0.25) is 24.6 Å². The Balaban J connectivity index is 1.73. The van der Waals surface area contributed by atoms with Crippen LogP contribution in [0.4, 0.5) is 5.69 Å². The van der Waals surface area contributed by atoms with E-state index in [-0.39, 0.29) is 45.2 Å². The first-order valence-electron chi connectivity index (χ1n) is 14.7. The summed E-state index contributed by atoms with van der Waals surface area (Å²) in [6, 6.07) is 11.7. The van der Waals surface area contributed by atoms with Crippen molar-refractivity contribution in [3.05, 3.63) is 80.4 Å². The summed E-state index contributed by atoms with van der Waals surface area (Å²) < 4.78 is 26.3. The van der Waals surface area contributed by atoms with E-state index in [1.54, 1.807) is 29.2 Å². The molecule has 0 aliphatic carbocycles. The molecule has 2 aliphatic heterocycles. The predicted octanol–water partition coefficient (Wildman–Crippen LogP) is 4.86. The van der Waals surface area contributed by atoms with Gasteiger partial charge in [0.2, 0.25) is 5.91 Å². The van der Waals surface area contributed by atoms with Gasteiger partial charge in [0, 0.05) is 36.4 Å². The Labute approximate surface area is 261 Å². The first-order chi connectivity index (χ1) is 20.7. The Kier molecular flexibility index (Phi) is 10.0. The highest BCUT2D eigenvalue weighted by molar-refractivity contribution is 7.95. The van der Waals surface area contributed by atoms with E-state index in [4.69, 9.17) is 9.16 Å². The van der Waals surface area contributed by atoms with E-state index >= 15 is 0 Å². The molecule has 4 rings (SSSR count). The van der Waals surface area contributed by atoms with Gasteiger partial charge in [-0.2, -0.15) is 0 Å². The Hall–Kier alpha value is -3.52. The second kappa shape index (κ2) is 13.2. The summed E-state index contributed by atoms with van der Waals surface area (Å²) in [6.07, 6.45) is -0.417. The van der Waals surface area contributed by atoms with Gasteiger partial charge in [0.1, 0.15) is 6.61 Å². The first kappa shape index (κ1) is 33.4. The molecule has 2 aliphatic rings. The van der Waals surface area contributed by atoms with Crippen molar-refractivity contribution in [1.29, 1.82) is 0 Å². The maximum Gasteiger partial charge on any atom is 0.360 e. The number of esters is 1. The molecule has 0 spiro atoms. The Morgan fingerprint density at radius 3 is 2.27 bits per heavy atom. The maximum absolute atomic E-state index is 14.5. The molecular formula is C31H39N3O8SSi. The summed E-state index contributed by atoms with van der Waals surface area (Å²) in [6.45, 7) is 14.2. The quantitative estimate of drug-likeness (QED) is 0.0799. The molecule has 13 heteroatoms. The van der Waals surface area contributed by atoms with E-state index in [1.165, 1.54) is 29.2 Å². The highest BCUT2D eigenvalue weighted by atomic mass is 32.2. The lowest BCUT2D eigenvalue weighted by Crippen LogP contribution is -2.64. The van der Waals surface area contributed by atoms with Crippen LogP contribution in [0.15, 0.2) is 64.0 Å². The molecule has 0 saturated carbocycles. The van der Waals surface area contributed by atoms with E-state index < -0.39 is 54.4 Å². The number of amides is 2. The van der Waals surface area contributed by atoms with E-state index in [9.17, 15) is 29.1 Å². The van der Waals surface area contributed by atoms with Gasteiger partial charge >= 0.3 is 5.97 Å². The molecule has 2 amide bonds. The monoisotopic (exact) mass is 641 g/mol. The van der Waals surface area contributed by atoms with Crippen molar-refractivity contribution in [3.63, 3.8) is 0 Å². The van der Waals surface area contributed by atoms with Crippen LogP contribution in [0.2, 0.25) is 19.6 Å². The largest absolute Gasteiger partial charge is 0.607 e. The van der Waals surface area contributed by atoms with E-state index in [0.717, 1.165) is 0 Å². The third-order valence-corrected chi connectivity index (χ3v) is 10.7. The van der Waals surface area contributed by atoms with Crippen LogP contribution >= 0.6 is 0 Å². The summed E-state index contributed by atoms with van der Waals surface area (Å²) >= 11 is -1.98. The lowest BCUT2D eigenvalue weighted by atomic mass is 9.79. The van der Waals surface area contributed by atoms with E-state index in [2.05, 4.69) is 0 Å². The van der Waals surface area contributed by atoms with Gasteiger partial charge in [0.25, 0.3) is 11.6 Å². The Bertz CT molecular complexity index is 1470. The smallest absolute Gasteiger partial charge is 0.360 e. The lowest BCUT2D eigenvalue weighted by molar-refractivity contribution is -0.384.